The van der Waals surface area contributed by atoms with E-state index in [1.165, 1.54) is 29.2 Å². The molecule has 3 rings (SSSR count). The number of anilines is 1. The van der Waals surface area contributed by atoms with Gasteiger partial charge in [-0.1, -0.05) is 54.6 Å². The number of nitrogens with one attached hydrogen (secondary N) is 1. The van der Waals surface area contributed by atoms with Gasteiger partial charge in [0.2, 0.25) is 21.8 Å². The predicted molar refractivity (Wildman–Crippen MR) is 149 cm³/mol. The molecule has 0 saturated heterocycles. The second kappa shape index (κ2) is 13.6. The minimum absolute atomic E-state index is 0.00231. The highest BCUT2D eigenvalue weighted by Gasteiger charge is 2.28. The van der Waals surface area contributed by atoms with Crippen molar-refractivity contribution in [2.45, 2.75) is 70.5 Å². The Balaban J connectivity index is 1.73. The van der Waals surface area contributed by atoms with Crippen molar-refractivity contribution >= 4 is 50.7 Å². The van der Waals surface area contributed by atoms with Crippen LogP contribution >= 0.6 is 23.2 Å². The molecule has 0 aromatic heterocycles. The topological polar surface area (TPSA) is 86.8 Å². The van der Waals surface area contributed by atoms with E-state index in [0.29, 0.717) is 10.6 Å². The number of carbonyl (C=O) groups excluding carboxylic acids is 2. The number of sulfonamides is 1. The second-order valence-electron chi connectivity index (χ2n) is 9.70. The molecule has 38 heavy (non-hydrogen) atoms. The summed E-state index contributed by atoms with van der Waals surface area (Å²) in [5.74, 6) is -0.947. The molecule has 208 valence electrons. The van der Waals surface area contributed by atoms with Gasteiger partial charge in [-0.3, -0.25) is 13.9 Å². The Bertz CT molecular complexity index is 1220. The zero-order chi connectivity index (χ0) is 27.9. The Kier molecular flexibility index (Phi) is 10.8. The van der Waals surface area contributed by atoms with E-state index in [2.05, 4.69) is 5.32 Å². The van der Waals surface area contributed by atoms with E-state index in [1.54, 1.807) is 25.1 Å². The monoisotopic (exact) mass is 585 g/mol. The van der Waals surface area contributed by atoms with E-state index in [-0.39, 0.29) is 54.5 Å². The molecule has 1 aliphatic rings. The van der Waals surface area contributed by atoms with Crippen LogP contribution in [-0.2, 0) is 26.2 Å². The zero-order valence-corrected chi connectivity index (χ0v) is 24.0. The summed E-state index contributed by atoms with van der Waals surface area (Å²) in [7, 11) is -3.71. The number of nitrogens with zero attached hydrogens (tertiary/aromatic N) is 2. The number of hydrogen-bond acceptors (Lipinski definition) is 4. The van der Waals surface area contributed by atoms with Crippen LogP contribution in [0.2, 0.25) is 10.0 Å². The first-order valence-corrected chi connectivity index (χ1v) is 15.3. The van der Waals surface area contributed by atoms with Crippen LogP contribution in [0.1, 0.15) is 57.4 Å². The fourth-order valence-corrected chi connectivity index (χ4v) is 6.00. The molecule has 0 bridgehead atoms. The van der Waals surface area contributed by atoms with E-state index in [9.17, 15) is 22.4 Å². The van der Waals surface area contributed by atoms with E-state index in [1.807, 2.05) is 0 Å². The van der Waals surface area contributed by atoms with Crippen molar-refractivity contribution < 1.29 is 22.4 Å². The summed E-state index contributed by atoms with van der Waals surface area (Å²) in [6.45, 7) is 1.79. The summed E-state index contributed by atoms with van der Waals surface area (Å²) >= 11 is 12.3. The molecule has 0 unspecified atom stereocenters. The highest BCUT2D eigenvalue weighted by Crippen LogP contribution is 2.31. The molecule has 0 radical (unpaired) electrons. The van der Waals surface area contributed by atoms with Crippen LogP contribution in [0.15, 0.2) is 42.5 Å². The summed E-state index contributed by atoms with van der Waals surface area (Å²) in [6.07, 6.45) is 6.34. The Morgan fingerprint density at radius 3 is 2.37 bits per heavy atom. The molecular weight excluding hydrogens is 552 g/mol. The molecule has 0 heterocycles. The standard InChI is InChI=1S/C27H34Cl2FN3O4S/c1-19(27(35)31-23-7-4-3-5-8-23)32(18-20-10-13-22(30)14-11-20)26(34)9-6-16-33(38(2,36)37)25-17-21(28)12-15-24(25)29/h10-15,17,19,23H,3-9,16,18H2,1-2H3,(H,31,35)/t19-/m1/s1. The molecule has 2 aromatic rings. The van der Waals surface area contributed by atoms with Crippen molar-refractivity contribution in [3.63, 3.8) is 0 Å². The summed E-state index contributed by atoms with van der Waals surface area (Å²) in [6, 6.07) is 9.64. The van der Waals surface area contributed by atoms with Gasteiger partial charge in [-0.05, 0) is 62.1 Å². The third-order valence-electron chi connectivity index (χ3n) is 6.71. The van der Waals surface area contributed by atoms with Crippen LogP contribution in [0.5, 0.6) is 0 Å². The summed E-state index contributed by atoms with van der Waals surface area (Å²) < 4.78 is 39.6. The molecule has 1 saturated carbocycles. The third kappa shape index (κ3) is 8.58. The summed E-state index contributed by atoms with van der Waals surface area (Å²) in [5, 5.41) is 3.62. The lowest BCUT2D eigenvalue weighted by molar-refractivity contribution is -0.141. The normalized spacial score (nSPS) is 15.1. The Morgan fingerprint density at radius 1 is 1.08 bits per heavy atom. The van der Waals surface area contributed by atoms with Gasteiger partial charge in [0.25, 0.3) is 0 Å². The van der Waals surface area contributed by atoms with Crippen molar-refractivity contribution in [2.75, 3.05) is 17.1 Å². The first kappa shape index (κ1) is 30.2. The molecule has 0 spiro atoms. The number of halogens is 3. The molecule has 11 heteroatoms. The van der Waals surface area contributed by atoms with Crippen LogP contribution in [0.3, 0.4) is 0 Å². The molecular formula is C27H34Cl2FN3O4S. The van der Waals surface area contributed by atoms with Gasteiger partial charge in [0, 0.05) is 30.6 Å². The quantitative estimate of drug-likeness (QED) is 0.375. The van der Waals surface area contributed by atoms with Crippen LogP contribution in [0.25, 0.3) is 0 Å². The molecule has 2 amide bonds. The Labute approximate surface area is 234 Å². The lowest BCUT2D eigenvalue weighted by Crippen LogP contribution is -2.50. The van der Waals surface area contributed by atoms with E-state index < -0.39 is 21.9 Å². The third-order valence-corrected chi connectivity index (χ3v) is 8.45. The zero-order valence-electron chi connectivity index (χ0n) is 21.6. The number of carbonyl (C=O) groups is 2. The number of hydrogen-bond donors (Lipinski definition) is 1. The maximum Gasteiger partial charge on any atom is 0.242 e. The van der Waals surface area contributed by atoms with Crippen LogP contribution < -0.4 is 9.62 Å². The number of benzene rings is 2. The van der Waals surface area contributed by atoms with Gasteiger partial charge in [0.15, 0.2) is 0 Å². The fourth-order valence-electron chi connectivity index (χ4n) is 4.60. The molecule has 7 nitrogen and oxygen atoms in total. The molecule has 1 N–H and O–H groups in total. The van der Waals surface area contributed by atoms with Gasteiger partial charge in [0.1, 0.15) is 11.9 Å². The van der Waals surface area contributed by atoms with Gasteiger partial charge in [0.05, 0.1) is 17.0 Å². The van der Waals surface area contributed by atoms with Crippen LogP contribution in [0.4, 0.5) is 10.1 Å². The lowest BCUT2D eigenvalue weighted by Gasteiger charge is -2.31. The molecule has 0 aliphatic heterocycles. The fraction of sp³-hybridized carbons (Fsp3) is 0.481. The smallest absolute Gasteiger partial charge is 0.242 e. The Hall–Kier alpha value is -2.36. The lowest BCUT2D eigenvalue weighted by atomic mass is 9.95. The first-order valence-electron chi connectivity index (χ1n) is 12.7. The van der Waals surface area contributed by atoms with E-state index in [0.717, 1.165) is 42.7 Å². The highest BCUT2D eigenvalue weighted by molar-refractivity contribution is 7.92. The van der Waals surface area contributed by atoms with Crippen molar-refractivity contribution in [1.82, 2.24) is 10.2 Å². The van der Waals surface area contributed by atoms with Crippen LogP contribution in [0, 0.1) is 5.82 Å². The SMILES string of the molecule is C[C@H](C(=O)NC1CCCCC1)N(Cc1ccc(F)cc1)C(=O)CCCN(c1cc(Cl)ccc1Cl)S(C)(=O)=O. The van der Waals surface area contributed by atoms with Gasteiger partial charge in [-0.25, -0.2) is 12.8 Å². The Morgan fingerprint density at radius 2 is 1.74 bits per heavy atom. The van der Waals surface area contributed by atoms with Gasteiger partial charge in [-0.2, -0.15) is 0 Å². The molecule has 1 fully saturated rings. The molecule has 2 aromatic carbocycles. The van der Waals surface area contributed by atoms with Crippen LogP contribution in [-0.4, -0.2) is 50.0 Å². The van der Waals surface area contributed by atoms with Crippen molar-refractivity contribution in [3.05, 3.63) is 63.9 Å². The van der Waals surface area contributed by atoms with E-state index >= 15 is 0 Å². The minimum Gasteiger partial charge on any atom is -0.352 e. The van der Waals surface area contributed by atoms with Gasteiger partial charge >= 0.3 is 0 Å². The average Bonchev–Trinajstić information content (AvgIpc) is 2.87. The summed E-state index contributed by atoms with van der Waals surface area (Å²) in [5.41, 5.74) is 0.915. The minimum atomic E-state index is -3.71. The average molecular weight is 587 g/mol. The largest absolute Gasteiger partial charge is 0.352 e. The maximum absolute atomic E-state index is 13.4. The first-order chi connectivity index (χ1) is 18.0. The number of amides is 2. The van der Waals surface area contributed by atoms with Gasteiger partial charge < -0.3 is 10.2 Å². The molecule has 1 atom stereocenters. The van der Waals surface area contributed by atoms with Crippen molar-refractivity contribution in [2.24, 2.45) is 0 Å². The predicted octanol–water partition coefficient (Wildman–Crippen LogP) is 5.54. The maximum atomic E-state index is 13.4. The number of rotatable bonds is 11. The molecule has 1 aliphatic carbocycles. The summed E-state index contributed by atoms with van der Waals surface area (Å²) in [4.78, 5) is 27.9. The van der Waals surface area contributed by atoms with Gasteiger partial charge in [-0.15, -0.1) is 0 Å². The van der Waals surface area contributed by atoms with E-state index in [4.69, 9.17) is 23.2 Å². The highest BCUT2D eigenvalue weighted by atomic mass is 35.5. The van der Waals surface area contributed by atoms with Crippen molar-refractivity contribution in [3.8, 4) is 0 Å². The van der Waals surface area contributed by atoms with Crippen molar-refractivity contribution in [1.29, 1.82) is 0 Å². The second-order valence-corrected chi connectivity index (χ2v) is 12.5.